The maximum atomic E-state index is 9.90. The molecule has 0 unspecified atom stereocenters. The Morgan fingerprint density at radius 3 is 2.61 bits per heavy atom. The van der Waals surface area contributed by atoms with Crippen LogP contribution in [0.3, 0.4) is 0 Å². The largest absolute Gasteiger partial charge is 0.507 e. The third-order valence-corrected chi connectivity index (χ3v) is 2.93. The van der Waals surface area contributed by atoms with E-state index in [1.807, 2.05) is 12.1 Å². The molecule has 0 aliphatic heterocycles. The first kappa shape index (κ1) is 14.8. The molecular weight excluding hydrogens is 230 g/mol. The average molecular weight is 253 g/mol. The van der Waals surface area contributed by atoms with Crippen LogP contribution in [0.25, 0.3) is 0 Å². The van der Waals surface area contributed by atoms with Gasteiger partial charge in [0, 0.05) is 24.7 Å². The van der Waals surface area contributed by atoms with Crippen molar-refractivity contribution in [2.24, 2.45) is 0 Å². The zero-order chi connectivity index (χ0) is 13.4. The molecule has 0 bridgehead atoms. The zero-order valence-corrected chi connectivity index (χ0v) is 11.2. The number of phenolic OH excluding ortho intramolecular Hbond substituents is 1. The Morgan fingerprint density at radius 2 is 2.06 bits per heavy atom. The van der Waals surface area contributed by atoms with Crippen LogP contribution in [-0.2, 0) is 6.54 Å². The Labute approximate surface area is 109 Å². The van der Waals surface area contributed by atoms with Gasteiger partial charge in [-0.1, -0.05) is 19.4 Å². The lowest BCUT2D eigenvalue weighted by Crippen LogP contribution is -2.27. The van der Waals surface area contributed by atoms with Crippen LogP contribution < -0.4 is 4.74 Å². The summed E-state index contributed by atoms with van der Waals surface area (Å²) in [5.74, 6) is 0.896. The summed E-state index contributed by atoms with van der Waals surface area (Å²) in [5, 5.41) is 18.9. The monoisotopic (exact) mass is 253 g/mol. The molecule has 0 fully saturated rings. The first-order chi connectivity index (χ1) is 8.71. The summed E-state index contributed by atoms with van der Waals surface area (Å²) in [6.07, 6.45) is 2.22. The van der Waals surface area contributed by atoms with Crippen molar-refractivity contribution < 1.29 is 14.9 Å². The van der Waals surface area contributed by atoms with E-state index >= 15 is 0 Å². The van der Waals surface area contributed by atoms with E-state index < -0.39 is 0 Å². The number of ether oxygens (including phenoxy) is 1. The lowest BCUT2D eigenvalue weighted by Gasteiger charge is -2.21. The van der Waals surface area contributed by atoms with E-state index in [0.717, 1.165) is 24.9 Å². The highest BCUT2D eigenvalue weighted by Gasteiger charge is 2.09. The van der Waals surface area contributed by atoms with Crippen molar-refractivity contribution in [2.45, 2.75) is 26.3 Å². The second kappa shape index (κ2) is 7.95. The fourth-order valence-corrected chi connectivity index (χ4v) is 1.84. The topological polar surface area (TPSA) is 52.9 Å². The number of hydrogen-bond acceptors (Lipinski definition) is 4. The summed E-state index contributed by atoms with van der Waals surface area (Å²) in [5.41, 5.74) is 0.861. The molecular formula is C14H23NO3. The van der Waals surface area contributed by atoms with Crippen LogP contribution in [0.4, 0.5) is 0 Å². The fourth-order valence-electron chi connectivity index (χ4n) is 1.84. The number of hydrogen-bond donors (Lipinski definition) is 2. The molecule has 2 N–H and O–H groups in total. The predicted octanol–water partition coefficient (Wildman–Crippen LogP) is 2.00. The number of phenols is 1. The summed E-state index contributed by atoms with van der Waals surface area (Å²) in [6.45, 7) is 4.49. The lowest BCUT2D eigenvalue weighted by molar-refractivity contribution is 0.187. The van der Waals surface area contributed by atoms with Crippen LogP contribution in [-0.4, -0.2) is 41.9 Å². The summed E-state index contributed by atoms with van der Waals surface area (Å²) in [6, 6.07) is 5.32. The second-order valence-electron chi connectivity index (χ2n) is 4.35. The Hall–Kier alpha value is -1.26. The molecule has 18 heavy (non-hydrogen) atoms. The van der Waals surface area contributed by atoms with Crippen LogP contribution in [0, 0.1) is 0 Å². The highest BCUT2D eigenvalue weighted by Crippen LogP contribution is 2.24. The molecule has 4 heteroatoms. The van der Waals surface area contributed by atoms with E-state index in [-0.39, 0.29) is 12.4 Å². The van der Waals surface area contributed by atoms with Gasteiger partial charge in [0.05, 0.1) is 13.7 Å². The number of methoxy groups -OCH3 is 1. The van der Waals surface area contributed by atoms with Gasteiger partial charge in [-0.05, 0) is 19.0 Å². The van der Waals surface area contributed by atoms with Crippen LogP contribution in [0.1, 0.15) is 25.3 Å². The zero-order valence-electron chi connectivity index (χ0n) is 11.2. The van der Waals surface area contributed by atoms with Gasteiger partial charge in [0.1, 0.15) is 11.5 Å². The SMILES string of the molecule is CCCCN(CCO)Cc1ccc(OC)cc1O. The number of nitrogens with zero attached hydrogens (tertiary/aromatic N) is 1. The van der Waals surface area contributed by atoms with Gasteiger partial charge in [-0.2, -0.15) is 0 Å². The van der Waals surface area contributed by atoms with E-state index in [1.54, 1.807) is 13.2 Å². The Balaban J connectivity index is 2.67. The van der Waals surface area contributed by atoms with Gasteiger partial charge in [-0.25, -0.2) is 0 Å². The molecule has 1 aromatic rings. The standard InChI is InChI=1S/C14H23NO3/c1-3-4-7-15(8-9-16)11-12-5-6-13(18-2)10-14(12)17/h5-6,10,16-17H,3-4,7-9,11H2,1-2H3. The minimum absolute atomic E-state index is 0.140. The van der Waals surface area contributed by atoms with Crippen molar-refractivity contribution >= 4 is 0 Å². The maximum absolute atomic E-state index is 9.90. The van der Waals surface area contributed by atoms with Crippen LogP contribution in [0.15, 0.2) is 18.2 Å². The van der Waals surface area contributed by atoms with Crippen molar-refractivity contribution in [3.8, 4) is 11.5 Å². The van der Waals surface area contributed by atoms with Gasteiger partial charge < -0.3 is 14.9 Å². The van der Waals surface area contributed by atoms with E-state index in [9.17, 15) is 5.11 Å². The smallest absolute Gasteiger partial charge is 0.123 e. The average Bonchev–Trinajstić information content (AvgIpc) is 2.38. The minimum Gasteiger partial charge on any atom is -0.507 e. The highest BCUT2D eigenvalue weighted by atomic mass is 16.5. The van der Waals surface area contributed by atoms with E-state index in [4.69, 9.17) is 9.84 Å². The number of aliphatic hydroxyl groups excluding tert-OH is 1. The van der Waals surface area contributed by atoms with Gasteiger partial charge in [-0.15, -0.1) is 0 Å². The maximum Gasteiger partial charge on any atom is 0.123 e. The quantitative estimate of drug-likeness (QED) is 0.744. The molecule has 0 saturated heterocycles. The molecule has 0 heterocycles. The fraction of sp³-hybridized carbons (Fsp3) is 0.571. The van der Waals surface area contributed by atoms with Gasteiger partial charge >= 0.3 is 0 Å². The molecule has 1 aromatic carbocycles. The molecule has 0 aromatic heterocycles. The van der Waals surface area contributed by atoms with E-state index in [0.29, 0.717) is 18.8 Å². The van der Waals surface area contributed by atoms with E-state index in [1.165, 1.54) is 0 Å². The Kier molecular flexibility index (Phi) is 6.54. The molecule has 0 spiro atoms. The van der Waals surface area contributed by atoms with Crippen molar-refractivity contribution in [3.05, 3.63) is 23.8 Å². The number of benzene rings is 1. The molecule has 0 aliphatic rings. The third kappa shape index (κ3) is 4.55. The number of rotatable bonds is 8. The third-order valence-electron chi connectivity index (χ3n) is 2.93. The number of aromatic hydroxyl groups is 1. The molecule has 1 rings (SSSR count). The van der Waals surface area contributed by atoms with Crippen molar-refractivity contribution in [3.63, 3.8) is 0 Å². The van der Waals surface area contributed by atoms with Crippen LogP contribution in [0.2, 0.25) is 0 Å². The summed E-state index contributed by atoms with van der Waals surface area (Å²) in [7, 11) is 1.58. The summed E-state index contributed by atoms with van der Waals surface area (Å²) in [4.78, 5) is 2.14. The summed E-state index contributed by atoms with van der Waals surface area (Å²) >= 11 is 0. The van der Waals surface area contributed by atoms with Crippen LogP contribution >= 0.6 is 0 Å². The summed E-state index contributed by atoms with van der Waals surface area (Å²) < 4.78 is 5.05. The normalized spacial score (nSPS) is 10.9. The molecule has 0 aliphatic carbocycles. The molecule has 0 atom stereocenters. The molecule has 0 radical (unpaired) electrons. The van der Waals surface area contributed by atoms with Gasteiger partial charge in [0.25, 0.3) is 0 Å². The molecule has 0 amide bonds. The van der Waals surface area contributed by atoms with Gasteiger partial charge in [-0.3, -0.25) is 4.90 Å². The Bertz CT molecular complexity index is 355. The Morgan fingerprint density at radius 1 is 1.28 bits per heavy atom. The van der Waals surface area contributed by atoms with Crippen molar-refractivity contribution in [1.29, 1.82) is 0 Å². The second-order valence-corrected chi connectivity index (χ2v) is 4.35. The van der Waals surface area contributed by atoms with Crippen molar-refractivity contribution in [2.75, 3.05) is 26.8 Å². The first-order valence-corrected chi connectivity index (χ1v) is 6.40. The lowest BCUT2D eigenvalue weighted by atomic mass is 10.1. The van der Waals surface area contributed by atoms with Crippen molar-refractivity contribution in [1.82, 2.24) is 4.90 Å². The predicted molar refractivity (Wildman–Crippen MR) is 71.9 cm³/mol. The van der Waals surface area contributed by atoms with Gasteiger partial charge in [0.2, 0.25) is 0 Å². The first-order valence-electron chi connectivity index (χ1n) is 6.40. The number of aliphatic hydroxyl groups is 1. The van der Waals surface area contributed by atoms with Gasteiger partial charge in [0.15, 0.2) is 0 Å². The molecule has 102 valence electrons. The number of unbranched alkanes of at least 4 members (excludes halogenated alkanes) is 1. The van der Waals surface area contributed by atoms with E-state index in [2.05, 4.69) is 11.8 Å². The highest BCUT2D eigenvalue weighted by molar-refractivity contribution is 5.39. The molecule has 4 nitrogen and oxygen atoms in total. The van der Waals surface area contributed by atoms with Crippen LogP contribution in [0.5, 0.6) is 11.5 Å². The molecule has 0 saturated carbocycles. The minimum atomic E-state index is 0.140.